The van der Waals surface area contributed by atoms with Crippen LogP contribution in [0.3, 0.4) is 0 Å². The topological polar surface area (TPSA) is 66.4 Å². The highest BCUT2D eigenvalue weighted by Crippen LogP contribution is 2.23. The van der Waals surface area contributed by atoms with E-state index in [1.165, 1.54) is 6.92 Å². The van der Waals surface area contributed by atoms with Crippen molar-refractivity contribution in [3.63, 3.8) is 0 Å². The lowest BCUT2D eigenvalue weighted by Gasteiger charge is -2.18. The fourth-order valence-electron chi connectivity index (χ4n) is 1.80. The fraction of sp³-hybridized carbons (Fsp3) is 0.429. The van der Waals surface area contributed by atoms with Crippen molar-refractivity contribution in [1.29, 1.82) is 0 Å². The minimum Gasteiger partial charge on any atom is -0.479 e. The van der Waals surface area contributed by atoms with Crippen LogP contribution in [0.5, 0.6) is 0 Å². The van der Waals surface area contributed by atoms with Gasteiger partial charge in [-0.15, -0.1) is 0 Å². The summed E-state index contributed by atoms with van der Waals surface area (Å²) in [5, 5.41) is 11.7. The molecule has 1 unspecified atom stereocenters. The zero-order valence-electron chi connectivity index (χ0n) is 11.2. The van der Waals surface area contributed by atoms with Crippen LogP contribution >= 0.6 is 0 Å². The number of carbonyl (C=O) groups excluding carboxylic acids is 1. The molecule has 0 bridgehead atoms. The summed E-state index contributed by atoms with van der Waals surface area (Å²) in [5.41, 5.74) is 2.57. The molecule has 0 aliphatic heterocycles. The van der Waals surface area contributed by atoms with Crippen molar-refractivity contribution < 1.29 is 14.7 Å². The summed E-state index contributed by atoms with van der Waals surface area (Å²) >= 11 is 0. The molecule has 0 fully saturated rings. The van der Waals surface area contributed by atoms with E-state index in [9.17, 15) is 14.7 Å². The Morgan fingerprint density at radius 3 is 2.33 bits per heavy atom. The summed E-state index contributed by atoms with van der Waals surface area (Å²) in [4.78, 5) is 22.3. The molecule has 98 valence electrons. The molecule has 4 heteroatoms. The maximum atomic E-state index is 11.3. The van der Waals surface area contributed by atoms with E-state index >= 15 is 0 Å². The van der Waals surface area contributed by atoms with Gasteiger partial charge in [-0.25, -0.2) is 4.79 Å². The van der Waals surface area contributed by atoms with Crippen LogP contribution in [0.15, 0.2) is 18.2 Å². The number of aliphatic carboxylic acids is 1. The number of hydrogen-bond acceptors (Lipinski definition) is 2. The van der Waals surface area contributed by atoms with Gasteiger partial charge in [-0.05, 0) is 29.5 Å². The van der Waals surface area contributed by atoms with Gasteiger partial charge >= 0.3 is 5.97 Å². The first-order valence-electron chi connectivity index (χ1n) is 5.93. The Balaban J connectivity index is 3.22. The monoisotopic (exact) mass is 249 g/mol. The number of carboxylic acid groups (broad SMARTS) is 1. The Bertz CT molecular complexity index is 466. The molecule has 1 atom stereocenters. The van der Waals surface area contributed by atoms with Gasteiger partial charge in [-0.1, -0.05) is 32.0 Å². The van der Waals surface area contributed by atoms with Crippen molar-refractivity contribution in [2.24, 2.45) is 0 Å². The lowest BCUT2D eigenvalue weighted by atomic mass is 9.94. The highest BCUT2D eigenvalue weighted by molar-refractivity contribution is 5.83. The highest BCUT2D eigenvalue weighted by atomic mass is 16.4. The van der Waals surface area contributed by atoms with Crippen molar-refractivity contribution >= 4 is 11.9 Å². The molecule has 0 saturated carbocycles. The van der Waals surface area contributed by atoms with Crippen molar-refractivity contribution in [3.8, 4) is 0 Å². The minimum atomic E-state index is -1.05. The average molecular weight is 249 g/mol. The highest BCUT2D eigenvalue weighted by Gasteiger charge is 2.22. The van der Waals surface area contributed by atoms with E-state index < -0.39 is 12.0 Å². The van der Waals surface area contributed by atoms with Gasteiger partial charge in [0.15, 0.2) is 6.04 Å². The number of amides is 1. The van der Waals surface area contributed by atoms with Gasteiger partial charge in [-0.3, -0.25) is 4.79 Å². The van der Waals surface area contributed by atoms with Gasteiger partial charge in [0.2, 0.25) is 5.91 Å². The summed E-state index contributed by atoms with van der Waals surface area (Å²) < 4.78 is 0. The second-order valence-electron chi connectivity index (χ2n) is 4.74. The van der Waals surface area contributed by atoms with Crippen LogP contribution in [0.1, 0.15) is 49.4 Å². The molecular weight excluding hydrogens is 230 g/mol. The van der Waals surface area contributed by atoms with Gasteiger partial charge in [0.05, 0.1) is 0 Å². The Morgan fingerprint density at radius 1 is 1.28 bits per heavy atom. The van der Waals surface area contributed by atoms with E-state index in [1.54, 1.807) is 0 Å². The number of aryl methyl sites for hydroxylation is 1. The average Bonchev–Trinajstić information content (AvgIpc) is 2.26. The summed E-state index contributed by atoms with van der Waals surface area (Å²) in [6.07, 6.45) is 0. The Morgan fingerprint density at radius 2 is 1.89 bits per heavy atom. The Kier molecular flexibility index (Phi) is 4.48. The van der Waals surface area contributed by atoms with Gasteiger partial charge in [0, 0.05) is 6.92 Å². The third kappa shape index (κ3) is 3.32. The molecule has 0 aromatic heterocycles. The molecule has 1 amide bonds. The largest absolute Gasteiger partial charge is 0.479 e. The molecule has 1 aromatic carbocycles. The molecule has 1 rings (SSSR count). The quantitative estimate of drug-likeness (QED) is 0.861. The van der Waals surface area contributed by atoms with E-state index in [0.717, 1.165) is 11.1 Å². The van der Waals surface area contributed by atoms with E-state index in [-0.39, 0.29) is 5.91 Å². The van der Waals surface area contributed by atoms with Gasteiger partial charge in [0.1, 0.15) is 0 Å². The van der Waals surface area contributed by atoms with Crippen molar-refractivity contribution in [2.75, 3.05) is 0 Å². The smallest absolute Gasteiger partial charge is 0.330 e. The minimum absolute atomic E-state index is 0.316. The normalized spacial score (nSPS) is 12.3. The first-order chi connectivity index (χ1) is 8.32. The van der Waals surface area contributed by atoms with Crippen molar-refractivity contribution in [1.82, 2.24) is 5.32 Å². The predicted octanol–water partition coefficient (Wildman–Crippen LogP) is 2.38. The second-order valence-corrected chi connectivity index (χ2v) is 4.74. The number of benzene rings is 1. The van der Waals surface area contributed by atoms with Gasteiger partial charge in [-0.2, -0.15) is 0 Å². The van der Waals surface area contributed by atoms with Crippen LogP contribution in [-0.4, -0.2) is 17.0 Å². The summed E-state index contributed by atoms with van der Waals surface area (Å²) in [5.74, 6) is -1.08. The van der Waals surface area contributed by atoms with Gasteiger partial charge in [0.25, 0.3) is 0 Å². The maximum Gasteiger partial charge on any atom is 0.330 e. The summed E-state index contributed by atoms with van der Waals surface area (Å²) in [7, 11) is 0. The lowest BCUT2D eigenvalue weighted by molar-refractivity contribution is -0.141. The molecule has 0 radical (unpaired) electrons. The van der Waals surface area contributed by atoms with Gasteiger partial charge < -0.3 is 10.4 Å². The van der Waals surface area contributed by atoms with Crippen LogP contribution in [0.4, 0.5) is 0 Å². The zero-order chi connectivity index (χ0) is 13.9. The molecule has 2 N–H and O–H groups in total. The fourth-order valence-corrected chi connectivity index (χ4v) is 1.80. The molecule has 0 saturated heterocycles. The zero-order valence-corrected chi connectivity index (χ0v) is 11.2. The summed E-state index contributed by atoms with van der Waals surface area (Å²) in [6.45, 7) is 7.25. The molecular formula is C14H19NO3. The van der Waals surface area contributed by atoms with Crippen molar-refractivity contribution in [3.05, 3.63) is 34.9 Å². The molecule has 0 spiro atoms. The number of rotatable bonds is 4. The molecule has 18 heavy (non-hydrogen) atoms. The van der Waals surface area contributed by atoms with Crippen LogP contribution in [0, 0.1) is 6.92 Å². The van der Waals surface area contributed by atoms with E-state index in [2.05, 4.69) is 5.32 Å². The van der Waals surface area contributed by atoms with Crippen molar-refractivity contribution in [2.45, 2.75) is 39.7 Å². The summed E-state index contributed by atoms with van der Waals surface area (Å²) in [6, 6.07) is 4.74. The molecule has 0 aliphatic carbocycles. The lowest BCUT2D eigenvalue weighted by Crippen LogP contribution is -2.32. The molecule has 1 aromatic rings. The third-order valence-electron chi connectivity index (χ3n) is 2.88. The number of carbonyl (C=O) groups is 2. The first kappa shape index (κ1) is 14.2. The molecule has 4 nitrogen and oxygen atoms in total. The SMILES string of the molecule is CC(=O)NC(C(=O)O)c1cc(C(C)C)ccc1C. The Labute approximate surface area is 107 Å². The maximum absolute atomic E-state index is 11.3. The number of carboxylic acids is 1. The first-order valence-corrected chi connectivity index (χ1v) is 5.93. The van der Waals surface area contributed by atoms with E-state index in [1.807, 2.05) is 39.0 Å². The van der Waals surface area contributed by atoms with E-state index in [4.69, 9.17) is 0 Å². The molecule has 0 heterocycles. The van der Waals surface area contributed by atoms with Crippen LogP contribution in [0.25, 0.3) is 0 Å². The Hall–Kier alpha value is -1.84. The predicted molar refractivity (Wildman–Crippen MR) is 69.5 cm³/mol. The third-order valence-corrected chi connectivity index (χ3v) is 2.88. The second kappa shape index (κ2) is 5.67. The van der Waals surface area contributed by atoms with E-state index in [0.29, 0.717) is 11.5 Å². The van der Waals surface area contributed by atoms with Crippen LogP contribution < -0.4 is 5.32 Å². The number of nitrogens with one attached hydrogen (secondary N) is 1. The molecule has 0 aliphatic rings. The van der Waals surface area contributed by atoms with Crippen LogP contribution in [0.2, 0.25) is 0 Å². The van der Waals surface area contributed by atoms with Crippen LogP contribution in [-0.2, 0) is 9.59 Å². The standard InChI is InChI=1S/C14H19NO3/c1-8(2)11-6-5-9(3)12(7-11)13(14(17)18)15-10(4)16/h5-8,13H,1-4H3,(H,15,16)(H,17,18). The number of hydrogen-bond donors (Lipinski definition) is 2.